The molecule has 0 heterocycles. The summed E-state index contributed by atoms with van der Waals surface area (Å²) in [6, 6.07) is 5.61. The molecule has 0 bridgehead atoms. The van der Waals surface area contributed by atoms with E-state index in [0.29, 0.717) is 10.9 Å². The van der Waals surface area contributed by atoms with E-state index >= 15 is 0 Å². The zero-order chi connectivity index (χ0) is 18.3. The van der Waals surface area contributed by atoms with E-state index in [0.717, 1.165) is 36.5 Å². The molecule has 0 amide bonds. The highest BCUT2D eigenvalue weighted by Gasteiger charge is 2.12. The largest absolute Gasteiger partial charge is 0.507 e. The summed E-state index contributed by atoms with van der Waals surface area (Å²) < 4.78 is 0. The zero-order valence-corrected chi connectivity index (χ0v) is 16.5. The summed E-state index contributed by atoms with van der Waals surface area (Å²) in [6.45, 7) is 15.2. The fourth-order valence-electron chi connectivity index (χ4n) is 2.29. The van der Waals surface area contributed by atoms with Crippen molar-refractivity contribution in [3.63, 3.8) is 0 Å². The number of aromatic hydroxyl groups is 1. The molecule has 0 radical (unpaired) electrons. The lowest BCUT2D eigenvalue weighted by Gasteiger charge is -2.21. The second-order valence-corrected chi connectivity index (χ2v) is 7.40. The van der Waals surface area contributed by atoms with Crippen molar-refractivity contribution in [2.75, 3.05) is 13.1 Å². The topological polar surface area (TPSA) is 61.1 Å². The van der Waals surface area contributed by atoms with Crippen LogP contribution >= 0.6 is 12.2 Å². The predicted molar refractivity (Wildman–Crippen MR) is 105 cm³/mol. The fourth-order valence-corrected chi connectivity index (χ4v) is 2.64. The molecular formula is C18H31N4OS+. The Morgan fingerprint density at radius 3 is 2.42 bits per heavy atom. The van der Waals surface area contributed by atoms with Gasteiger partial charge in [-0.15, -0.1) is 0 Å². The van der Waals surface area contributed by atoms with Crippen LogP contribution in [0.4, 0.5) is 0 Å². The molecule has 0 atom stereocenters. The van der Waals surface area contributed by atoms with Crippen molar-refractivity contribution in [3.8, 4) is 5.75 Å². The summed E-state index contributed by atoms with van der Waals surface area (Å²) in [6.07, 6.45) is 0. The van der Waals surface area contributed by atoms with Crippen molar-refractivity contribution in [3.05, 3.63) is 29.3 Å². The van der Waals surface area contributed by atoms with Crippen molar-refractivity contribution in [1.82, 2.24) is 10.7 Å². The number of nitrogens with zero attached hydrogens (tertiary/aromatic N) is 1. The minimum Gasteiger partial charge on any atom is -0.507 e. The van der Waals surface area contributed by atoms with E-state index in [1.54, 1.807) is 6.07 Å². The molecular weight excluding hydrogens is 320 g/mol. The van der Waals surface area contributed by atoms with Gasteiger partial charge in [0.2, 0.25) is 0 Å². The maximum absolute atomic E-state index is 10.1. The van der Waals surface area contributed by atoms with E-state index in [2.05, 4.69) is 29.7 Å². The molecule has 5 nitrogen and oxygen atoms in total. The Morgan fingerprint density at radius 2 is 1.88 bits per heavy atom. The lowest BCUT2D eigenvalue weighted by atomic mass is 10.1. The molecule has 6 heteroatoms. The first-order valence-electron chi connectivity index (χ1n) is 8.44. The first-order chi connectivity index (χ1) is 11.2. The van der Waals surface area contributed by atoms with Gasteiger partial charge < -0.3 is 15.3 Å². The number of phenols is 1. The molecule has 0 spiro atoms. The highest BCUT2D eigenvalue weighted by molar-refractivity contribution is 7.80. The van der Waals surface area contributed by atoms with Gasteiger partial charge in [-0.05, 0) is 77.5 Å². The molecule has 1 rings (SSSR count). The van der Waals surface area contributed by atoms with Gasteiger partial charge in [0.1, 0.15) is 12.3 Å². The van der Waals surface area contributed by atoms with Crippen LogP contribution in [0.15, 0.2) is 23.3 Å². The van der Waals surface area contributed by atoms with E-state index in [4.69, 9.17) is 12.2 Å². The summed E-state index contributed by atoms with van der Waals surface area (Å²) in [4.78, 5) is 1.42. The van der Waals surface area contributed by atoms with Gasteiger partial charge in [0.05, 0.1) is 18.8 Å². The van der Waals surface area contributed by atoms with Crippen molar-refractivity contribution in [1.29, 1.82) is 0 Å². The Balaban J connectivity index is 2.85. The molecule has 24 heavy (non-hydrogen) atoms. The van der Waals surface area contributed by atoms with Crippen LogP contribution in [0.5, 0.6) is 5.75 Å². The highest BCUT2D eigenvalue weighted by atomic mass is 32.1. The van der Waals surface area contributed by atoms with Crippen molar-refractivity contribution >= 4 is 23.0 Å². The minimum absolute atomic E-state index is 0.105. The number of hydrogen-bond acceptors (Lipinski definition) is 3. The lowest BCUT2D eigenvalue weighted by molar-refractivity contribution is -0.910. The van der Waals surface area contributed by atoms with E-state index < -0.39 is 0 Å². The van der Waals surface area contributed by atoms with Crippen LogP contribution in [-0.2, 0) is 6.54 Å². The maximum Gasteiger partial charge on any atom is 0.187 e. The number of thiocarbonyl (C=S) groups is 1. The second kappa shape index (κ2) is 8.99. The molecule has 0 saturated heterocycles. The number of benzene rings is 1. The Hall–Kier alpha value is -1.66. The Labute approximate surface area is 151 Å². The van der Waals surface area contributed by atoms with E-state index in [1.807, 2.05) is 39.8 Å². The van der Waals surface area contributed by atoms with Gasteiger partial charge in [-0.2, -0.15) is 5.10 Å². The van der Waals surface area contributed by atoms with Gasteiger partial charge in [0.25, 0.3) is 0 Å². The molecule has 0 aromatic heterocycles. The van der Waals surface area contributed by atoms with Gasteiger partial charge in [0, 0.05) is 11.1 Å². The first-order valence-corrected chi connectivity index (χ1v) is 8.85. The number of hydrazone groups is 1. The monoisotopic (exact) mass is 351 g/mol. The van der Waals surface area contributed by atoms with E-state index in [9.17, 15) is 5.11 Å². The highest BCUT2D eigenvalue weighted by Crippen LogP contribution is 2.18. The predicted octanol–water partition coefficient (Wildman–Crippen LogP) is 1.80. The van der Waals surface area contributed by atoms with Crippen LogP contribution in [0.2, 0.25) is 0 Å². The third-order valence-electron chi connectivity index (χ3n) is 3.75. The number of quaternary nitrogens is 1. The average molecular weight is 352 g/mol. The van der Waals surface area contributed by atoms with Crippen LogP contribution < -0.4 is 15.6 Å². The molecule has 1 aromatic carbocycles. The van der Waals surface area contributed by atoms with Crippen molar-refractivity contribution in [2.24, 2.45) is 5.10 Å². The summed E-state index contributed by atoms with van der Waals surface area (Å²) in [5.74, 6) is 0.337. The molecule has 0 aliphatic rings. The number of hydrogen-bond donors (Lipinski definition) is 4. The third kappa shape index (κ3) is 6.84. The standard InChI is InChI=1S/C18H30N4OS/c1-7-22(8-2)12-15-11-14(9-10-16(15)23)13(3)20-21-17(24)19-18(4,5)6/h9-11,23H,7-8,12H2,1-6H3,(H2,19,21,24)/p+1/b20-13+. The maximum atomic E-state index is 10.1. The molecule has 0 unspecified atom stereocenters. The smallest absolute Gasteiger partial charge is 0.187 e. The van der Waals surface area contributed by atoms with Crippen LogP contribution in [0.25, 0.3) is 0 Å². The second-order valence-electron chi connectivity index (χ2n) is 6.99. The van der Waals surface area contributed by atoms with Crippen molar-refractivity contribution < 1.29 is 10.0 Å². The summed E-state index contributed by atoms with van der Waals surface area (Å²) in [5, 5.41) is 18.1. The van der Waals surface area contributed by atoms with Gasteiger partial charge in [0.15, 0.2) is 5.11 Å². The number of phenolic OH excluding ortho intramolecular Hbond substituents is 1. The van der Waals surface area contributed by atoms with Gasteiger partial charge >= 0.3 is 0 Å². The Kier molecular flexibility index (Phi) is 7.63. The van der Waals surface area contributed by atoms with Gasteiger partial charge in [-0.25, -0.2) is 0 Å². The van der Waals surface area contributed by atoms with Gasteiger partial charge in [-0.1, -0.05) is 0 Å². The normalized spacial score (nSPS) is 12.4. The fraction of sp³-hybridized carbons (Fsp3) is 0.556. The average Bonchev–Trinajstić information content (AvgIpc) is 2.50. The molecule has 0 aliphatic heterocycles. The van der Waals surface area contributed by atoms with Crippen LogP contribution in [0.1, 0.15) is 52.7 Å². The summed E-state index contributed by atoms with van der Waals surface area (Å²) in [5.41, 5.74) is 5.51. The summed E-state index contributed by atoms with van der Waals surface area (Å²) >= 11 is 5.23. The molecule has 0 saturated carbocycles. The molecule has 0 aliphatic carbocycles. The zero-order valence-electron chi connectivity index (χ0n) is 15.7. The Morgan fingerprint density at radius 1 is 1.25 bits per heavy atom. The Bertz CT molecular complexity index is 589. The summed E-state index contributed by atoms with van der Waals surface area (Å²) in [7, 11) is 0. The SMILES string of the molecule is CC[NH+](CC)Cc1cc(/C(C)=N/NC(=S)NC(C)(C)C)ccc1O. The lowest BCUT2D eigenvalue weighted by Crippen LogP contribution is -3.10. The van der Waals surface area contributed by atoms with Crippen LogP contribution in [0, 0.1) is 0 Å². The number of rotatable bonds is 6. The quantitative estimate of drug-likeness (QED) is 0.359. The third-order valence-corrected chi connectivity index (χ3v) is 3.94. The number of nitrogens with one attached hydrogen (secondary N) is 3. The van der Waals surface area contributed by atoms with Crippen LogP contribution in [-0.4, -0.2) is 34.6 Å². The molecule has 4 N–H and O–H groups in total. The molecule has 1 aromatic rings. The van der Waals surface area contributed by atoms with E-state index in [1.165, 1.54) is 4.90 Å². The van der Waals surface area contributed by atoms with Gasteiger partial charge in [-0.3, -0.25) is 5.43 Å². The molecule has 134 valence electrons. The van der Waals surface area contributed by atoms with Crippen LogP contribution in [0.3, 0.4) is 0 Å². The van der Waals surface area contributed by atoms with Crippen molar-refractivity contribution in [2.45, 2.75) is 53.6 Å². The first kappa shape index (κ1) is 20.4. The van der Waals surface area contributed by atoms with E-state index in [-0.39, 0.29) is 5.54 Å². The molecule has 0 fully saturated rings. The minimum atomic E-state index is -0.105.